The molecule has 0 unspecified atom stereocenters. The van der Waals surface area contributed by atoms with Crippen LogP contribution in [0.3, 0.4) is 0 Å². The van der Waals surface area contributed by atoms with Gasteiger partial charge in [0, 0.05) is 25.0 Å². The first-order chi connectivity index (χ1) is 6.34. The van der Waals surface area contributed by atoms with Crippen LogP contribution in [0.25, 0.3) is 0 Å². The SMILES string of the molecule is CC.CNNC(=O)c1ccncc1. The van der Waals surface area contributed by atoms with Crippen molar-refractivity contribution in [3.05, 3.63) is 30.1 Å². The van der Waals surface area contributed by atoms with Crippen molar-refractivity contribution >= 4 is 5.91 Å². The molecule has 0 radical (unpaired) electrons. The number of carbonyl (C=O) groups excluding carboxylic acids is 1. The van der Waals surface area contributed by atoms with Gasteiger partial charge in [0.05, 0.1) is 0 Å². The highest BCUT2D eigenvalue weighted by Gasteiger charge is 2.00. The first kappa shape index (κ1) is 11.6. The first-order valence-electron chi connectivity index (χ1n) is 4.21. The summed E-state index contributed by atoms with van der Waals surface area (Å²) in [4.78, 5) is 14.8. The molecule has 0 aliphatic carbocycles. The summed E-state index contributed by atoms with van der Waals surface area (Å²) in [5.41, 5.74) is 5.58. The molecule has 0 aliphatic rings. The van der Waals surface area contributed by atoms with Gasteiger partial charge in [-0.25, -0.2) is 5.43 Å². The summed E-state index contributed by atoms with van der Waals surface area (Å²) in [6.07, 6.45) is 3.15. The van der Waals surface area contributed by atoms with Gasteiger partial charge in [-0.2, -0.15) is 0 Å². The van der Waals surface area contributed by atoms with Crippen LogP contribution < -0.4 is 10.9 Å². The van der Waals surface area contributed by atoms with Crippen molar-refractivity contribution in [2.45, 2.75) is 13.8 Å². The Morgan fingerprint density at radius 1 is 1.31 bits per heavy atom. The molecule has 72 valence electrons. The Kier molecular flexibility index (Phi) is 6.45. The maximum atomic E-state index is 11.0. The van der Waals surface area contributed by atoms with E-state index >= 15 is 0 Å². The number of nitrogens with one attached hydrogen (secondary N) is 2. The minimum atomic E-state index is -0.157. The smallest absolute Gasteiger partial charge is 0.265 e. The summed E-state index contributed by atoms with van der Waals surface area (Å²) in [6.45, 7) is 4.00. The number of amides is 1. The fraction of sp³-hybridized carbons (Fsp3) is 0.333. The molecule has 1 rings (SSSR count). The molecule has 0 saturated heterocycles. The average Bonchev–Trinajstić information content (AvgIpc) is 2.23. The Bertz CT molecular complexity index is 236. The van der Waals surface area contributed by atoms with Gasteiger partial charge in [0.15, 0.2) is 0 Å². The lowest BCUT2D eigenvalue weighted by atomic mass is 10.3. The fourth-order valence-corrected chi connectivity index (χ4v) is 0.689. The van der Waals surface area contributed by atoms with Crippen molar-refractivity contribution in [3.8, 4) is 0 Å². The molecule has 4 nitrogen and oxygen atoms in total. The zero-order chi connectivity index (χ0) is 10.1. The molecule has 13 heavy (non-hydrogen) atoms. The second-order valence-electron chi connectivity index (χ2n) is 1.94. The van der Waals surface area contributed by atoms with Gasteiger partial charge in [0.25, 0.3) is 5.91 Å². The third kappa shape index (κ3) is 4.22. The van der Waals surface area contributed by atoms with Crippen LogP contribution in [0.4, 0.5) is 0 Å². The number of rotatable bonds is 2. The summed E-state index contributed by atoms with van der Waals surface area (Å²) in [6, 6.07) is 3.29. The molecule has 2 N–H and O–H groups in total. The highest BCUT2D eigenvalue weighted by Crippen LogP contribution is 1.93. The van der Waals surface area contributed by atoms with Crippen molar-refractivity contribution < 1.29 is 4.79 Å². The lowest BCUT2D eigenvalue weighted by Gasteiger charge is -2.00. The van der Waals surface area contributed by atoms with Crippen LogP contribution in [0.1, 0.15) is 24.2 Å². The van der Waals surface area contributed by atoms with Gasteiger partial charge < -0.3 is 0 Å². The number of aromatic nitrogens is 1. The van der Waals surface area contributed by atoms with Crippen molar-refractivity contribution in [1.29, 1.82) is 0 Å². The van der Waals surface area contributed by atoms with E-state index in [9.17, 15) is 4.79 Å². The molecule has 0 bridgehead atoms. The number of hydrazine groups is 1. The van der Waals surface area contributed by atoms with E-state index in [1.807, 2.05) is 13.8 Å². The molecule has 4 heteroatoms. The average molecular weight is 181 g/mol. The van der Waals surface area contributed by atoms with E-state index in [0.717, 1.165) is 0 Å². The molecule has 0 atom stereocenters. The molecule has 1 amide bonds. The maximum absolute atomic E-state index is 11.0. The molecule has 0 fully saturated rings. The topological polar surface area (TPSA) is 54.0 Å². The molecular weight excluding hydrogens is 166 g/mol. The van der Waals surface area contributed by atoms with Gasteiger partial charge in [-0.1, -0.05) is 13.8 Å². The molecule has 1 aromatic rings. The summed E-state index contributed by atoms with van der Waals surface area (Å²) in [5.74, 6) is -0.157. The largest absolute Gasteiger partial charge is 0.288 e. The molecule has 0 aromatic carbocycles. The number of hydrogen-bond acceptors (Lipinski definition) is 3. The quantitative estimate of drug-likeness (QED) is 0.668. The predicted molar refractivity (Wildman–Crippen MR) is 52.1 cm³/mol. The van der Waals surface area contributed by atoms with Crippen LogP contribution in [0.5, 0.6) is 0 Å². The third-order valence-electron chi connectivity index (χ3n) is 1.18. The monoisotopic (exact) mass is 181 g/mol. The summed E-state index contributed by atoms with van der Waals surface area (Å²) in [7, 11) is 1.64. The van der Waals surface area contributed by atoms with E-state index in [-0.39, 0.29) is 5.91 Å². The standard InChI is InChI=1S/C7H9N3O.C2H6/c1-8-10-7(11)6-2-4-9-5-3-6;1-2/h2-5,8H,1H3,(H,10,11);1-2H3. The molecule has 0 aliphatic heterocycles. The Morgan fingerprint density at radius 3 is 2.31 bits per heavy atom. The summed E-state index contributed by atoms with van der Waals surface area (Å²) >= 11 is 0. The Hall–Kier alpha value is -1.42. The van der Waals surface area contributed by atoms with E-state index in [2.05, 4.69) is 15.8 Å². The second kappa shape index (κ2) is 7.24. The van der Waals surface area contributed by atoms with Crippen LogP contribution >= 0.6 is 0 Å². The Morgan fingerprint density at radius 2 is 1.85 bits per heavy atom. The van der Waals surface area contributed by atoms with Crippen LogP contribution in [-0.4, -0.2) is 17.9 Å². The number of hydrogen-bond donors (Lipinski definition) is 2. The van der Waals surface area contributed by atoms with Crippen molar-refractivity contribution in [3.63, 3.8) is 0 Å². The van der Waals surface area contributed by atoms with E-state index in [1.165, 1.54) is 0 Å². The summed E-state index contributed by atoms with van der Waals surface area (Å²) < 4.78 is 0. The van der Waals surface area contributed by atoms with Gasteiger partial charge in [0.1, 0.15) is 0 Å². The van der Waals surface area contributed by atoms with Crippen molar-refractivity contribution in [2.24, 2.45) is 0 Å². The molecule has 0 saturated carbocycles. The highest BCUT2D eigenvalue weighted by molar-refractivity contribution is 5.93. The van der Waals surface area contributed by atoms with Gasteiger partial charge in [-0.05, 0) is 12.1 Å². The Balaban J connectivity index is 0.000000671. The van der Waals surface area contributed by atoms with Crippen molar-refractivity contribution in [1.82, 2.24) is 15.8 Å². The molecule has 1 heterocycles. The predicted octanol–water partition coefficient (Wildman–Crippen LogP) is 0.972. The van der Waals surface area contributed by atoms with Gasteiger partial charge in [-0.3, -0.25) is 15.2 Å². The molecular formula is C9H15N3O. The number of carbonyl (C=O) groups is 1. The highest BCUT2D eigenvalue weighted by atomic mass is 16.2. The van der Waals surface area contributed by atoms with E-state index in [1.54, 1.807) is 31.6 Å². The minimum absolute atomic E-state index is 0.157. The van der Waals surface area contributed by atoms with E-state index in [4.69, 9.17) is 0 Å². The van der Waals surface area contributed by atoms with E-state index in [0.29, 0.717) is 5.56 Å². The lowest BCUT2D eigenvalue weighted by Crippen LogP contribution is -2.34. The number of pyridine rings is 1. The van der Waals surface area contributed by atoms with Crippen LogP contribution in [0.15, 0.2) is 24.5 Å². The second-order valence-corrected chi connectivity index (χ2v) is 1.94. The maximum Gasteiger partial charge on any atom is 0.265 e. The normalized spacial score (nSPS) is 8.23. The Labute approximate surface area is 78.3 Å². The van der Waals surface area contributed by atoms with Crippen LogP contribution in [0.2, 0.25) is 0 Å². The zero-order valence-electron chi connectivity index (χ0n) is 8.16. The van der Waals surface area contributed by atoms with Gasteiger partial charge in [0.2, 0.25) is 0 Å². The summed E-state index contributed by atoms with van der Waals surface area (Å²) in [5, 5.41) is 0. The lowest BCUT2D eigenvalue weighted by molar-refractivity contribution is 0.0938. The molecule has 1 aromatic heterocycles. The van der Waals surface area contributed by atoms with E-state index < -0.39 is 0 Å². The van der Waals surface area contributed by atoms with Crippen LogP contribution in [-0.2, 0) is 0 Å². The van der Waals surface area contributed by atoms with Crippen molar-refractivity contribution in [2.75, 3.05) is 7.05 Å². The first-order valence-corrected chi connectivity index (χ1v) is 4.21. The fourth-order valence-electron chi connectivity index (χ4n) is 0.689. The minimum Gasteiger partial charge on any atom is -0.288 e. The van der Waals surface area contributed by atoms with Gasteiger partial charge in [-0.15, -0.1) is 0 Å². The number of nitrogens with zero attached hydrogens (tertiary/aromatic N) is 1. The van der Waals surface area contributed by atoms with Crippen LogP contribution in [0, 0.1) is 0 Å². The zero-order valence-corrected chi connectivity index (χ0v) is 8.16. The van der Waals surface area contributed by atoms with Gasteiger partial charge >= 0.3 is 0 Å². The molecule has 0 spiro atoms. The third-order valence-corrected chi connectivity index (χ3v) is 1.18.